The highest BCUT2D eigenvalue weighted by molar-refractivity contribution is 6.30. The molecule has 0 atom stereocenters. The van der Waals surface area contributed by atoms with E-state index < -0.39 is 24.3 Å². The van der Waals surface area contributed by atoms with Crippen LogP contribution in [0, 0.1) is 0 Å². The lowest BCUT2D eigenvalue weighted by Gasteiger charge is -2.23. The Balaban J connectivity index is 0.000000267. The zero-order valence-corrected chi connectivity index (χ0v) is 17.1. The second-order valence-electron chi connectivity index (χ2n) is 6.57. The predicted octanol–water partition coefficient (Wildman–Crippen LogP) is 2.25. The average molecular weight is 427 g/mol. The minimum absolute atomic E-state index is 0.0805. The lowest BCUT2D eigenvalue weighted by Crippen LogP contribution is -2.41. The third-order valence-electron chi connectivity index (χ3n) is 4.26. The highest BCUT2D eigenvalue weighted by atomic mass is 35.5. The van der Waals surface area contributed by atoms with E-state index in [-0.39, 0.29) is 24.4 Å². The van der Waals surface area contributed by atoms with E-state index in [1.54, 1.807) is 24.3 Å². The highest BCUT2D eigenvalue weighted by Crippen LogP contribution is 2.16. The largest absolute Gasteiger partial charge is 0.511 e. The Bertz CT molecular complexity index is 725. The quantitative estimate of drug-likeness (QED) is 0.547. The molecule has 160 valence electrons. The van der Waals surface area contributed by atoms with E-state index in [4.69, 9.17) is 21.8 Å². The van der Waals surface area contributed by atoms with Gasteiger partial charge in [0, 0.05) is 25.0 Å². The molecular formula is C20H27ClN2O6. The van der Waals surface area contributed by atoms with Crippen LogP contribution in [0.1, 0.15) is 37.7 Å². The maximum Gasteiger partial charge on any atom is 0.322 e. The molecule has 0 aromatic heterocycles. The van der Waals surface area contributed by atoms with Gasteiger partial charge in [0.25, 0.3) is 11.8 Å². The van der Waals surface area contributed by atoms with Crippen molar-refractivity contribution in [3.05, 3.63) is 46.2 Å². The van der Waals surface area contributed by atoms with E-state index in [9.17, 15) is 19.5 Å². The van der Waals surface area contributed by atoms with Crippen LogP contribution in [0.25, 0.3) is 0 Å². The minimum atomic E-state index is -1.22. The lowest BCUT2D eigenvalue weighted by atomic mass is 10.0. The number of nitrogens with one attached hydrogen (secondary N) is 1. The number of aliphatic hydroxyl groups excluding tert-OH is 2. The second kappa shape index (κ2) is 12.8. The molecule has 1 aliphatic heterocycles. The van der Waals surface area contributed by atoms with Gasteiger partial charge in [0.15, 0.2) is 0 Å². The van der Waals surface area contributed by atoms with Gasteiger partial charge >= 0.3 is 5.97 Å². The first-order valence-corrected chi connectivity index (χ1v) is 9.67. The second-order valence-corrected chi connectivity index (χ2v) is 7.01. The number of carboxylic acid groups (broad SMARTS) is 1. The van der Waals surface area contributed by atoms with E-state index >= 15 is 0 Å². The van der Waals surface area contributed by atoms with Crippen molar-refractivity contribution < 1.29 is 29.7 Å². The first kappa shape index (κ1) is 24.5. The van der Waals surface area contributed by atoms with Crippen molar-refractivity contribution >= 4 is 29.4 Å². The van der Waals surface area contributed by atoms with Gasteiger partial charge in [-0.2, -0.15) is 0 Å². The van der Waals surface area contributed by atoms with Crippen LogP contribution in [0.15, 0.2) is 35.6 Å². The van der Waals surface area contributed by atoms with Gasteiger partial charge in [-0.25, -0.2) is 0 Å². The number of carbonyl (C=O) groups is 3. The molecule has 0 radical (unpaired) electrons. The van der Waals surface area contributed by atoms with Crippen LogP contribution in [0.4, 0.5) is 0 Å². The number of aliphatic carboxylic acids is 1. The molecule has 1 aromatic carbocycles. The number of amides is 2. The molecule has 9 heteroatoms. The van der Waals surface area contributed by atoms with Gasteiger partial charge in [0.2, 0.25) is 0 Å². The molecule has 0 unspecified atom stereocenters. The normalized spacial score (nSPS) is 15.3. The van der Waals surface area contributed by atoms with Crippen molar-refractivity contribution in [2.45, 2.75) is 38.7 Å². The Kier molecular flexibility index (Phi) is 10.8. The fraction of sp³-hybridized carbons (Fsp3) is 0.450. The van der Waals surface area contributed by atoms with Crippen molar-refractivity contribution in [1.29, 1.82) is 0 Å². The van der Waals surface area contributed by atoms with Crippen LogP contribution >= 0.6 is 11.6 Å². The Labute approximate surface area is 174 Å². The van der Waals surface area contributed by atoms with Crippen molar-refractivity contribution in [3.8, 4) is 0 Å². The maximum absolute atomic E-state index is 11.5. The van der Waals surface area contributed by atoms with Crippen LogP contribution in [0.3, 0.4) is 0 Å². The summed E-state index contributed by atoms with van der Waals surface area (Å²) in [5.74, 6) is -2.99. The molecule has 4 N–H and O–H groups in total. The molecule has 8 nitrogen and oxygen atoms in total. The van der Waals surface area contributed by atoms with Crippen molar-refractivity contribution in [3.63, 3.8) is 0 Å². The molecule has 1 aliphatic carbocycles. The van der Waals surface area contributed by atoms with Gasteiger partial charge in [-0.3, -0.25) is 14.4 Å². The zero-order valence-electron chi connectivity index (χ0n) is 16.4. The number of aliphatic hydroxyl groups is 2. The van der Waals surface area contributed by atoms with E-state index in [0.717, 1.165) is 5.56 Å². The number of hydrogen-bond donors (Lipinski definition) is 4. The molecule has 0 saturated heterocycles. The molecule has 0 bridgehead atoms. The fourth-order valence-corrected chi connectivity index (χ4v) is 2.25. The van der Waals surface area contributed by atoms with Crippen molar-refractivity contribution in [2.24, 2.45) is 0 Å². The standard InChI is InChI=1S/C9H12N2O5.C7H7ClO.C4H8/c1-11-3-2-5(12)7(9(11)16)8(15)10-4-6(13)14;8-7-3-1-6(5-9)2-4-7;1-2-4-3-1/h12H,2-4H2,1H3,(H,10,15)(H,13,14);1-4,9H,5H2;1-4H2. The first-order valence-electron chi connectivity index (χ1n) is 9.29. The number of likely N-dealkylation sites (N-methyl/N-ethyl adjacent to an activating group) is 1. The van der Waals surface area contributed by atoms with Crippen LogP contribution < -0.4 is 5.32 Å². The smallest absolute Gasteiger partial charge is 0.322 e. The molecule has 1 aromatic rings. The predicted molar refractivity (Wildman–Crippen MR) is 108 cm³/mol. The maximum atomic E-state index is 11.5. The molecule has 1 fully saturated rings. The minimum Gasteiger partial charge on any atom is -0.511 e. The summed E-state index contributed by atoms with van der Waals surface area (Å²) in [4.78, 5) is 34.5. The molecule has 2 amide bonds. The van der Waals surface area contributed by atoms with Gasteiger partial charge in [-0.05, 0) is 17.7 Å². The van der Waals surface area contributed by atoms with Crippen LogP contribution in [-0.2, 0) is 21.0 Å². The summed E-state index contributed by atoms with van der Waals surface area (Å²) in [6.45, 7) is -0.176. The Morgan fingerprint density at radius 1 is 1.14 bits per heavy atom. The third kappa shape index (κ3) is 8.97. The van der Waals surface area contributed by atoms with E-state index in [1.165, 1.54) is 37.6 Å². The van der Waals surface area contributed by atoms with Gasteiger partial charge in [0.1, 0.15) is 17.9 Å². The van der Waals surface area contributed by atoms with Crippen LogP contribution in [0.5, 0.6) is 0 Å². The average Bonchev–Trinajstić information content (AvgIpc) is 2.63. The number of carboxylic acids is 1. The summed E-state index contributed by atoms with van der Waals surface area (Å²) in [5.41, 5.74) is 0.509. The number of halogens is 1. The summed E-state index contributed by atoms with van der Waals surface area (Å²) in [7, 11) is 1.50. The topological polar surface area (TPSA) is 127 Å². The number of hydrogen-bond acceptors (Lipinski definition) is 5. The lowest BCUT2D eigenvalue weighted by molar-refractivity contribution is -0.138. The van der Waals surface area contributed by atoms with Gasteiger partial charge in [-0.1, -0.05) is 49.4 Å². The summed E-state index contributed by atoms with van der Waals surface area (Å²) in [6.07, 6.45) is 6.19. The Morgan fingerprint density at radius 2 is 1.69 bits per heavy atom. The van der Waals surface area contributed by atoms with Gasteiger partial charge < -0.3 is 25.5 Å². The molecule has 0 spiro atoms. The van der Waals surface area contributed by atoms with Crippen molar-refractivity contribution in [2.75, 3.05) is 20.1 Å². The van der Waals surface area contributed by atoms with Gasteiger partial charge in [0.05, 0.1) is 6.61 Å². The van der Waals surface area contributed by atoms with Crippen LogP contribution in [-0.4, -0.2) is 58.1 Å². The number of nitrogens with zero attached hydrogens (tertiary/aromatic N) is 1. The molecule has 3 rings (SSSR count). The Hall–Kier alpha value is -2.58. The molecule has 2 aliphatic rings. The van der Waals surface area contributed by atoms with E-state index in [0.29, 0.717) is 11.6 Å². The molecule has 29 heavy (non-hydrogen) atoms. The summed E-state index contributed by atoms with van der Waals surface area (Å²) < 4.78 is 0. The summed E-state index contributed by atoms with van der Waals surface area (Å²) in [5, 5.41) is 29.1. The third-order valence-corrected chi connectivity index (χ3v) is 4.51. The Morgan fingerprint density at radius 3 is 2.14 bits per heavy atom. The van der Waals surface area contributed by atoms with Crippen molar-refractivity contribution in [1.82, 2.24) is 10.2 Å². The molecular weight excluding hydrogens is 400 g/mol. The zero-order chi connectivity index (χ0) is 21.8. The SMILES string of the molecule is C1CCC1.CN1CCC(O)=C(C(=O)NCC(=O)O)C1=O.OCc1ccc(Cl)cc1. The van der Waals surface area contributed by atoms with Gasteiger partial charge in [-0.15, -0.1) is 0 Å². The summed E-state index contributed by atoms with van der Waals surface area (Å²) >= 11 is 5.59. The van der Waals surface area contributed by atoms with E-state index in [2.05, 4.69) is 0 Å². The van der Waals surface area contributed by atoms with Crippen LogP contribution in [0.2, 0.25) is 5.02 Å². The summed E-state index contributed by atoms with van der Waals surface area (Å²) in [6, 6.07) is 7.10. The molecule has 1 heterocycles. The highest BCUT2D eigenvalue weighted by Gasteiger charge is 2.30. The number of benzene rings is 1. The fourth-order valence-electron chi connectivity index (χ4n) is 2.13. The number of rotatable bonds is 4. The monoisotopic (exact) mass is 426 g/mol. The first-order chi connectivity index (χ1) is 13.8. The van der Waals surface area contributed by atoms with E-state index in [1.807, 2.05) is 5.32 Å². The molecule has 1 saturated carbocycles. The number of carbonyl (C=O) groups excluding carboxylic acids is 2.